The van der Waals surface area contributed by atoms with Gasteiger partial charge in [0.05, 0.1) is 0 Å². The van der Waals surface area contributed by atoms with E-state index >= 15 is 0 Å². The lowest BCUT2D eigenvalue weighted by Gasteiger charge is -2.28. The largest absolute Gasteiger partial charge is 0.458 e. The van der Waals surface area contributed by atoms with Crippen LogP contribution in [0.1, 0.15) is 39.3 Å². The fraction of sp³-hybridized carbons (Fsp3) is 0.643. The average molecular weight is 263 g/mol. The van der Waals surface area contributed by atoms with E-state index in [-0.39, 0.29) is 12.0 Å². The van der Waals surface area contributed by atoms with Crippen LogP contribution in [0.4, 0.5) is 5.82 Å². The van der Waals surface area contributed by atoms with Crippen molar-refractivity contribution in [3.63, 3.8) is 0 Å². The van der Waals surface area contributed by atoms with Crippen LogP contribution in [0.15, 0.2) is 12.4 Å². The van der Waals surface area contributed by atoms with Gasteiger partial charge >= 0.3 is 5.97 Å². The van der Waals surface area contributed by atoms with Crippen LogP contribution < -0.4 is 4.90 Å². The Bertz CT molecular complexity index is 468. The first-order chi connectivity index (χ1) is 8.87. The Morgan fingerprint density at radius 1 is 1.42 bits per heavy atom. The van der Waals surface area contributed by atoms with E-state index in [0.717, 1.165) is 30.9 Å². The minimum absolute atomic E-state index is 0.165. The molecule has 104 valence electrons. The van der Waals surface area contributed by atoms with E-state index in [9.17, 15) is 4.79 Å². The molecule has 1 aromatic rings. The Balaban J connectivity index is 2.15. The molecule has 19 heavy (non-hydrogen) atoms. The molecule has 0 aromatic carbocycles. The van der Waals surface area contributed by atoms with Crippen molar-refractivity contribution in [3.05, 3.63) is 18.1 Å². The molecule has 0 aliphatic carbocycles. The van der Waals surface area contributed by atoms with Gasteiger partial charge in [0, 0.05) is 18.3 Å². The summed E-state index contributed by atoms with van der Waals surface area (Å²) in [6.07, 6.45) is 3.33. The van der Waals surface area contributed by atoms with Crippen molar-refractivity contribution in [1.29, 1.82) is 0 Å². The second kappa shape index (κ2) is 5.15. The van der Waals surface area contributed by atoms with Gasteiger partial charge < -0.3 is 9.64 Å². The summed E-state index contributed by atoms with van der Waals surface area (Å²) in [4.78, 5) is 22.6. The highest BCUT2D eigenvalue weighted by atomic mass is 16.6. The molecule has 1 saturated heterocycles. The second-order valence-electron chi connectivity index (χ2n) is 5.90. The first-order valence-corrected chi connectivity index (χ1v) is 6.65. The summed E-state index contributed by atoms with van der Waals surface area (Å²) in [7, 11) is 0. The van der Waals surface area contributed by atoms with Crippen LogP contribution in [0.3, 0.4) is 0 Å². The van der Waals surface area contributed by atoms with Crippen molar-refractivity contribution in [2.75, 3.05) is 11.4 Å². The highest BCUT2D eigenvalue weighted by Gasteiger charge is 2.34. The molecule has 0 saturated carbocycles. The van der Waals surface area contributed by atoms with Crippen LogP contribution in [0.25, 0.3) is 0 Å². The predicted octanol–water partition coefficient (Wildman–Crippen LogP) is 2.10. The zero-order valence-electron chi connectivity index (χ0n) is 12.0. The van der Waals surface area contributed by atoms with Crippen molar-refractivity contribution in [2.45, 2.75) is 52.2 Å². The van der Waals surface area contributed by atoms with Gasteiger partial charge in [-0.15, -0.1) is 0 Å². The fourth-order valence-electron chi connectivity index (χ4n) is 2.25. The summed E-state index contributed by atoms with van der Waals surface area (Å²) in [6.45, 7) is 8.42. The number of ether oxygens (including phenoxy) is 1. The molecule has 5 heteroatoms. The standard InChI is InChI=1S/C14H21N3O2/c1-10-8-12(16-9-15-10)17-7-5-6-11(17)13(18)19-14(2,3)4/h8-9,11H,5-7H2,1-4H3/t11-/m0/s1. The first-order valence-electron chi connectivity index (χ1n) is 6.65. The van der Waals surface area contributed by atoms with Crippen LogP contribution in [0.2, 0.25) is 0 Å². The minimum atomic E-state index is -0.451. The summed E-state index contributed by atoms with van der Waals surface area (Å²) in [6, 6.07) is 1.68. The Morgan fingerprint density at radius 3 is 2.79 bits per heavy atom. The highest BCUT2D eigenvalue weighted by Crippen LogP contribution is 2.25. The molecule has 1 aliphatic heterocycles. The van der Waals surface area contributed by atoms with Gasteiger partial charge in [0.25, 0.3) is 0 Å². The Morgan fingerprint density at radius 2 is 2.16 bits per heavy atom. The highest BCUT2D eigenvalue weighted by molar-refractivity contribution is 5.80. The second-order valence-corrected chi connectivity index (χ2v) is 5.90. The Kier molecular flexibility index (Phi) is 3.73. The van der Waals surface area contributed by atoms with Crippen LogP contribution in [0.5, 0.6) is 0 Å². The lowest BCUT2D eigenvalue weighted by atomic mass is 10.1. The van der Waals surface area contributed by atoms with Gasteiger partial charge in [-0.05, 0) is 40.5 Å². The minimum Gasteiger partial charge on any atom is -0.458 e. The molecule has 1 aromatic heterocycles. The van der Waals surface area contributed by atoms with E-state index in [2.05, 4.69) is 9.97 Å². The van der Waals surface area contributed by atoms with Crippen molar-refractivity contribution >= 4 is 11.8 Å². The zero-order valence-corrected chi connectivity index (χ0v) is 12.0. The van der Waals surface area contributed by atoms with Crippen molar-refractivity contribution < 1.29 is 9.53 Å². The van der Waals surface area contributed by atoms with Gasteiger partial charge in [-0.3, -0.25) is 0 Å². The smallest absolute Gasteiger partial charge is 0.329 e. The maximum absolute atomic E-state index is 12.2. The maximum atomic E-state index is 12.2. The quantitative estimate of drug-likeness (QED) is 0.765. The van der Waals surface area contributed by atoms with E-state index in [1.165, 1.54) is 6.33 Å². The lowest BCUT2D eigenvalue weighted by Crippen LogP contribution is -2.41. The summed E-state index contributed by atoms with van der Waals surface area (Å²) < 4.78 is 5.48. The lowest BCUT2D eigenvalue weighted by molar-refractivity contribution is -0.156. The Hall–Kier alpha value is -1.65. The number of aromatic nitrogens is 2. The molecule has 5 nitrogen and oxygen atoms in total. The summed E-state index contributed by atoms with van der Waals surface area (Å²) in [5, 5.41) is 0. The molecule has 1 aliphatic rings. The number of nitrogens with zero attached hydrogens (tertiary/aromatic N) is 3. The van der Waals surface area contributed by atoms with E-state index in [0.29, 0.717) is 0 Å². The van der Waals surface area contributed by atoms with E-state index in [1.54, 1.807) is 0 Å². The van der Waals surface area contributed by atoms with E-state index in [1.807, 2.05) is 38.7 Å². The average Bonchev–Trinajstić information content (AvgIpc) is 2.75. The summed E-state index contributed by atoms with van der Waals surface area (Å²) in [5.74, 6) is 0.641. The molecular formula is C14H21N3O2. The van der Waals surface area contributed by atoms with E-state index < -0.39 is 5.60 Å². The number of rotatable bonds is 2. The monoisotopic (exact) mass is 263 g/mol. The number of carbonyl (C=O) groups is 1. The van der Waals surface area contributed by atoms with Crippen molar-refractivity contribution in [3.8, 4) is 0 Å². The maximum Gasteiger partial charge on any atom is 0.329 e. The number of aryl methyl sites for hydroxylation is 1. The summed E-state index contributed by atoms with van der Waals surface area (Å²) >= 11 is 0. The number of anilines is 1. The third-order valence-corrected chi connectivity index (χ3v) is 3.02. The van der Waals surface area contributed by atoms with Crippen molar-refractivity contribution in [1.82, 2.24) is 9.97 Å². The topological polar surface area (TPSA) is 55.3 Å². The van der Waals surface area contributed by atoms with Crippen molar-refractivity contribution in [2.24, 2.45) is 0 Å². The number of hydrogen-bond acceptors (Lipinski definition) is 5. The Labute approximate surface area is 114 Å². The third kappa shape index (κ3) is 3.43. The molecule has 2 heterocycles. The van der Waals surface area contributed by atoms with E-state index in [4.69, 9.17) is 4.74 Å². The molecule has 2 rings (SSSR count). The first kappa shape index (κ1) is 13.8. The van der Waals surface area contributed by atoms with Crippen LogP contribution in [0, 0.1) is 6.92 Å². The van der Waals surface area contributed by atoms with Gasteiger partial charge in [0.15, 0.2) is 0 Å². The molecule has 1 atom stereocenters. The number of esters is 1. The third-order valence-electron chi connectivity index (χ3n) is 3.02. The molecule has 0 spiro atoms. The van der Waals surface area contributed by atoms with Gasteiger partial charge in [0.1, 0.15) is 23.8 Å². The fourth-order valence-corrected chi connectivity index (χ4v) is 2.25. The number of carbonyl (C=O) groups excluding carboxylic acids is 1. The molecule has 0 radical (unpaired) electrons. The molecule has 0 unspecified atom stereocenters. The van der Waals surface area contributed by atoms with Gasteiger partial charge in [0.2, 0.25) is 0 Å². The zero-order chi connectivity index (χ0) is 14.0. The SMILES string of the molecule is Cc1cc(N2CCC[C@H]2C(=O)OC(C)(C)C)ncn1. The molecule has 0 N–H and O–H groups in total. The van der Waals surface area contributed by atoms with Crippen LogP contribution >= 0.6 is 0 Å². The molecule has 0 bridgehead atoms. The van der Waals surface area contributed by atoms with Crippen LogP contribution in [-0.2, 0) is 9.53 Å². The summed E-state index contributed by atoms with van der Waals surface area (Å²) in [5.41, 5.74) is 0.451. The van der Waals surface area contributed by atoms with Gasteiger partial charge in [-0.1, -0.05) is 0 Å². The molecule has 1 fully saturated rings. The van der Waals surface area contributed by atoms with Gasteiger partial charge in [-0.2, -0.15) is 0 Å². The molecular weight excluding hydrogens is 242 g/mol. The predicted molar refractivity (Wildman–Crippen MR) is 73.0 cm³/mol. The van der Waals surface area contributed by atoms with Gasteiger partial charge in [-0.25, -0.2) is 14.8 Å². The molecule has 0 amide bonds. The van der Waals surface area contributed by atoms with Crippen LogP contribution in [-0.4, -0.2) is 34.1 Å². The normalized spacial score (nSPS) is 19.6. The number of hydrogen-bond donors (Lipinski definition) is 0.